The maximum absolute atomic E-state index is 6.04. The molecule has 3 N–H and O–H groups in total. The minimum Gasteiger partial charge on any atom is -0.397 e. The number of anilines is 2. The van der Waals surface area contributed by atoms with Gasteiger partial charge in [-0.2, -0.15) is 0 Å². The van der Waals surface area contributed by atoms with Crippen LogP contribution in [0, 0.1) is 0 Å². The number of nitrogens with two attached hydrogens (primary N) is 1. The fourth-order valence-corrected chi connectivity index (χ4v) is 3.33. The second kappa shape index (κ2) is 7.41. The van der Waals surface area contributed by atoms with Crippen molar-refractivity contribution in [3.05, 3.63) is 66.4 Å². The third kappa shape index (κ3) is 3.39. The van der Waals surface area contributed by atoms with Crippen LogP contribution in [0.15, 0.2) is 60.8 Å². The molecular weight excluding hydrogens is 314 g/mol. The van der Waals surface area contributed by atoms with E-state index in [9.17, 15) is 0 Å². The van der Waals surface area contributed by atoms with Crippen LogP contribution in [-0.4, -0.2) is 9.97 Å². The van der Waals surface area contributed by atoms with Gasteiger partial charge >= 0.3 is 0 Å². The van der Waals surface area contributed by atoms with E-state index in [2.05, 4.69) is 29.4 Å². The van der Waals surface area contributed by atoms with Crippen molar-refractivity contribution in [1.82, 2.24) is 4.98 Å². The maximum atomic E-state index is 6.04. The second-order valence-electron chi connectivity index (χ2n) is 5.84. The Kier molecular flexibility index (Phi) is 5.06. The smallest absolute Gasteiger partial charge is 0.0873 e. The Labute approximate surface area is 147 Å². The summed E-state index contributed by atoms with van der Waals surface area (Å²) < 4.78 is 0. The van der Waals surface area contributed by atoms with E-state index in [0.29, 0.717) is 5.69 Å². The predicted molar refractivity (Wildman–Crippen MR) is 106 cm³/mol. The van der Waals surface area contributed by atoms with Crippen molar-refractivity contribution in [1.29, 1.82) is 0 Å². The number of benzene rings is 2. The number of para-hydroxylation sites is 2. The summed E-state index contributed by atoms with van der Waals surface area (Å²) in [5.74, 6) is 0.137. The molecule has 4 heteroatoms. The Balaban J connectivity index is 1.97. The van der Waals surface area contributed by atoms with E-state index in [1.165, 1.54) is 5.56 Å². The highest BCUT2D eigenvalue weighted by Crippen LogP contribution is 2.30. The minimum absolute atomic E-state index is 0.137. The lowest BCUT2D eigenvalue weighted by Gasteiger charge is -2.21. The zero-order valence-electron chi connectivity index (χ0n) is 13.7. The largest absolute Gasteiger partial charge is 0.397 e. The first-order valence-electron chi connectivity index (χ1n) is 8.19. The normalized spacial score (nSPS) is 12.0. The first-order valence-corrected chi connectivity index (χ1v) is 8.60. The molecule has 0 radical (unpaired) electrons. The zero-order chi connectivity index (χ0) is 16.9. The summed E-state index contributed by atoms with van der Waals surface area (Å²) in [5.41, 5.74) is 9.82. The van der Waals surface area contributed by atoms with Gasteiger partial charge in [-0.25, -0.2) is 0 Å². The third-order valence-corrected chi connectivity index (χ3v) is 4.55. The second-order valence-corrected chi connectivity index (χ2v) is 6.27. The van der Waals surface area contributed by atoms with Crippen LogP contribution in [0.5, 0.6) is 0 Å². The number of pyridine rings is 1. The number of fused-ring (bicyclic) bond motifs is 1. The van der Waals surface area contributed by atoms with Crippen LogP contribution in [0.25, 0.3) is 10.9 Å². The highest BCUT2D eigenvalue weighted by molar-refractivity contribution is 7.80. The Hall–Kier alpha value is -2.46. The number of hydrogen-bond donors (Lipinski definition) is 2. The highest BCUT2D eigenvalue weighted by atomic mass is 32.1. The van der Waals surface area contributed by atoms with Crippen LogP contribution in [0.3, 0.4) is 0 Å². The first kappa shape index (κ1) is 16.4. The van der Waals surface area contributed by atoms with Crippen LogP contribution in [0.4, 0.5) is 11.4 Å². The van der Waals surface area contributed by atoms with Gasteiger partial charge < -0.3 is 11.1 Å². The van der Waals surface area contributed by atoms with Crippen LogP contribution < -0.4 is 11.1 Å². The lowest BCUT2D eigenvalue weighted by atomic mass is 9.91. The van der Waals surface area contributed by atoms with E-state index in [-0.39, 0.29) is 5.92 Å². The Bertz CT molecular complexity index is 855. The monoisotopic (exact) mass is 335 g/mol. The molecule has 1 atom stereocenters. The molecule has 0 bridgehead atoms. The van der Waals surface area contributed by atoms with Crippen molar-refractivity contribution in [2.24, 2.45) is 0 Å². The van der Waals surface area contributed by atoms with Crippen molar-refractivity contribution in [3.63, 3.8) is 0 Å². The van der Waals surface area contributed by atoms with Crippen molar-refractivity contribution >= 4 is 39.5 Å². The van der Waals surface area contributed by atoms with E-state index in [0.717, 1.165) is 34.4 Å². The third-order valence-electron chi connectivity index (χ3n) is 4.17. The van der Waals surface area contributed by atoms with Gasteiger partial charge in [-0.3, -0.25) is 4.98 Å². The van der Waals surface area contributed by atoms with Gasteiger partial charge in [-0.05, 0) is 36.2 Å². The van der Waals surface area contributed by atoms with Gasteiger partial charge in [0.05, 0.1) is 21.9 Å². The lowest BCUT2D eigenvalue weighted by molar-refractivity contribution is 0.754. The average Bonchev–Trinajstić information content (AvgIpc) is 2.61. The highest BCUT2D eigenvalue weighted by Gasteiger charge is 2.19. The summed E-state index contributed by atoms with van der Waals surface area (Å²) in [5, 5.41) is 4.50. The van der Waals surface area contributed by atoms with Crippen molar-refractivity contribution in [2.75, 3.05) is 11.1 Å². The topological polar surface area (TPSA) is 50.9 Å². The molecule has 122 valence electrons. The van der Waals surface area contributed by atoms with Gasteiger partial charge in [0.15, 0.2) is 0 Å². The van der Waals surface area contributed by atoms with E-state index in [4.69, 9.17) is 18.0 Å². The molecule has 2 aromatic carbocycles. The predicted octanol–water partition coefficient (Wildman–Crippen LogP) is 5.14. The fraction of sp³-hybridized carbons (Fsp3) is 0.200. The average molecular weight is 335 g/mol. The summed E-state index contributed by atoms with van der Waals surface area (Å²) in [6.07, 6.45) is 3.85. The SMILES string of the molecule is CCCC(C(=S)Nc1ccccc1N)c1cccc2ncccc12. The number of nitrogen functional groups attached to an aromatic ring is 1. The summed E-state index contributed by atoms with van der Waals surface area (Å²) in [6, 6.07) is 18.0. The molecule has 0 spiro atoms. The van der Waals surface area contributed by atoms with Gasteiger partial charge in [-0.1, -0.05) is 55.9 Å². The first-order chi connectivity index (χ1) is 11.7. The van der Waals surface area contributed by atoms with Crippen molar-refractivity contribution < 1.29 is 0 Å². The number of nitrogens with one attached hydrogen (secondary N) is 1. The molecule has 0 amide bonds. The van der Waals surface area contributed by atoms with Crippen LogP contribution in [0.2, 0.25) is 0 Å². The van der Waals surface area contributed by atoms with Gasteiger partial charge in [0.25, 0.3) is 0 Å². The summed E-state index contributed by atoms with van der Waals surface area (Å²) in [7, 11) is 0. The molecular formula is C20H21N3S. The molecule has 3 rings (SSSR count). The summed E-state index contributed by atoms with van der Waals surface area (Å²) in [6.45, 7) is 2.18. The zero-order valence-corrected chi connectivity index (χ0v) is 14.5. The quantitative estimate of drug-likeness (QED) is 0.501. The number of hydrogen-bond acceptors (Lipinski definition) is 3. The van der Waals surface area contributed by atoms with E-state index in [1.54, 1.807) is 0 Å². The molecule has 1 unspecified atom stereocenters. The number of aromatic nitrogens is 1. The Morgan fingerprint density at radius 1 is 1.12 bits per heavy atom. The minimum atomic E-state index is 0.137. The Morgan fingerprint density at radius 2 is 1.96 bits per heavy atom. The standard InChI is InChI=1S/C20H21N3S/c1-2-7-16(20(24)23-19-11-4-3-10-17(19)21)14-8-5-12-18-15(14)9-6-13-22-18/h3-6,8-13,16H,2,7,21H2,1H3,(H,23,24). The number of thiocarbonyl (C=S) groups is 1. The summed E-state index contributed by atoms with van der Waals surface area (Å²) in [4.78, 5) is 5.26. The maximum Gasteiger partial charge on any atom is 0.0873 e. The van der Waals surface area contributed by atoms with Crippen LogP contribution >= 0.6 is 12.2 Å². The molecule has 3 nitrogen and oxygen atoms in total. The molecule has 0 aliphatic heterocycles. The lowest BCUT2D eigenvalue weighted by Crippen LogP contribution is -2.20. The van der Waals surface area contributed by atoms with E-state index in [1.807, 2.05) is 48.7 Å². The Morgan fingerprint density at radius 3 is 2.75 bits per heavy atom. The van der Waals surface area contributed by atoms with Crippen LogP contribution in [-0.2, 0) is 0 Å². The van der Waals surface area contributed by atoms with E-state index >= 15 is 0 Å². The molecule has 24 heavy (non-hydrogen) atoms. The van der Waals surface area contributed by atoms with Gasteiger partial charge in [0.2, 0.25) is 0 Å². The van der Waals surface area contributed by atoms with Crippen molar-refractivity contribution in [2.45, 2.75) is 25.7 Å². The molecule has 0 aliphatic rings. The molecule has 0 fully saturated rings. The molecule has 0 aliphatic carbocycles. The molecule has 1 aromatic heterocycles. The molecule has 0 saturated carbocycles. The van der Waals surface area contributed by atoms with Gasteiger partial charge in [0.1, 0.15) is 0 Å². The van der Waals surface area contributed by atoms with E-state index < -0.39 is 0 Å². The summed E-state index contributed by atoms with van der Waals surface area (Å²) >= 11 is 5.74. The van der Waals surface area contributed by atoms with Gasteiger partial charge in [0, 0.05) is 17.5 Å². The number of rotatable bonds is 5. The fourth-order valence-electron chi connectivity index (χ4n) is 2.98. The molecule has 0 saturated heterocycles. The van der Waals surface area contributed by atoms with Gasteiger partial charge in [-0.15, -0.1) is 0 Å². The number of nitrogens with zero attached hydrogens (tertiary/aromatic N) is 1. The van der Waals surface area contributed by atoms with Crippen molar-refractivity contribution in [3.8, 4) is 0 Å². The molecule has 3 aromatic rings. The van der Waals surface area contributed by atoms with Crippen LogP contribution in [0.1, 0.15) is 31.2 Å². The molecule has 1 heterocycles.